The fraction of sp³-hybridized carbons (Fsp3) is 0.929. The Balaban J connectivity index is 1.74. The molecule has 2 amide bonds. The van der Waals surface area contributed by atoms with Crippen LogP contribution in [0.4, 0.5) is 4.79 Å². The van der Waals surface area contributed by atoms with Gasteiger partial charge >= 0.3 is 6.03 Å². The van der Waals surface area contributed by atoms with Gasteiger partial charge in [-0.2, -0.15) is 0 Å². The summed E-state index contributed by atoms with van der Waals surface area (Å²) in [5.41, 5.74) is 0. The Morgan fingerprint density at radius 1 is 1.28 bits per heavy atom. The number of urea groups is 1. The summed E-state index contributed by atoms with van der Waals surface area (Å²) in [5.74, 6) is 0.664. The first-order chi connectivity index (χ1) is 8.70. The molecule has 2 atom stereocenters. The summed E-state index contributed by atoms with van der Waals surface area (Å²) < 4.78 is 0. The van der Waals surface area contributed by atoms with Gasteiger partial charge in [0.05, 0.1) is 0 Å². The Kier molecular flexibility index (Phi) is 4.87. The number of piperidine rings is 1. The SMILES string of the molecule is CCN1CCCCC1CNC(=O)N1CCC(C)C1. The van der Waals surface area contributed by atoms with Crippen molar-refractivity contribution in [3.63, 3.8) is 0 Å². The van der Waals surface area contributed by atoms with Crippen LogP contribution in [-0.2, 0) is 0 Å². The number of carbonyl (C=O) groups excluding carboxylic acids is 1. The predicted molar refractivity (Wildman–Crippen MR) is 73.6 cm³/mol. The van der Waals surface area contributed by atoms with Crippen molar-refractivity contribution in [3.8, 4) is 0 Å². The normalized spacial score (nSPS) is 29.6. The van der Waals surface area contributed by atoms with Crippen molar-refractivity contribution < 1.29 is 4.79 Å². The molecule has 0 aromatic rings. The van der Waals surface area contributed by atoms with Gasteiger partial charge in [0.1, 0.15) is 0 Å². The van der Waals surface area contributed by atoms with Crippen molar-refractivity contribution in [3.05, 3.63) is 0 Å². The zero-order chi connectivity index (χ0) is 13.0. The number of nitrogens with zero attached hydrogens (tertiary/aromatic N) is 2. The molecule has 2 aliphatic rings. The first-order valence-corrected chi connectivity index (χ1v) is 7.47. The Morgan fingerprint density at radius 2 is 2.11 bits per heavy atom. The lowest BCUT2D eigenvalue weighted by atomic mass is 10.0. The van der Waals surface area contributed by atoms with Crippen LogP contribution >= 0.6 is 0 Å². The van der Waals surface area contributed by atoms with Gasteiger partial charge in [0, 0.05) is 25.7 Å². The molecule has 0 radical (unpaired) electrons. The van der Waals surface area contributed by atoms with Gasteiger partial charge in [-0.05, 0) is 38.3 Å². The Labute approximate surface area is 111 Å². The minimum Gasteiger partial charge on any atom is -0.336 e. The third kappa shape index (κ3) is 3.37. The topological polar surface area (TPSA) is 35.6 Å². The minimum atomic E-state index is 0.140. The number of rotatable bonds is 3. The molecular formula is C14H27N3O. The molecule has 0 aromatic heterocycles. The van der Waals surface area contributed by atoms with Crippen molar-refractivity contribution in [2.24, 2.45) is 5.92 Å². The molecule has 2 aliphatic heterocycles. The molecule has 0 aliphatic carbocycles. The highest BCUT2D eigenvalue weighted by Gasteiger charge is 2.25. The van der Waals surface area contributed by atoms with E-state index in [1.807, 2.05) is 4.90 Å². The van der Waals surface area contributed by atoms with E-state index in [-0.39, 0.29) is 6.03 Å². The number of likely N-dealkylation sites (N-methyl/N-ethyl adjacent to an activating group) is 1. The minimum absolute atomic E-state index is 0.140. The largest absolute Gasteiger partial charge is 0.336 e. The lowest BCUT2D eigenvalue weighted by Gasteiger charge is -2.35. The fourth-order valence-corrected chi connectivity index (χ4v) is 3.14. The zero-order valence-electron chi connectivity index (χ0n) is 11.8. The van der Waals surface area contributed by atoms with Crippen LogP contribution in [0, 0.1) is 5.92 Å². The Morgan fingerprint density at radius 3 is 2.78 bits per heavy atom. The molecule has 104 valence electrons. The van der Waals surface area contributed by atoms with Crippen molar-refractivity contribution in [1.29, 1.82) is 0 Å². The van der Waals surface area contributed by atoms with E-state index in [9.17, 15) is 4.79 Å². The predicted octanol–water partition coefficient (Wildman–Crippen LogP) is 1.91. The molecule has 2 fully saturated rings. The molecule has 4 heteroatoms. The van der Waals surface area contributed by atoms with Crippen molar-refractivity contribution in [2.45, 2.75) is 45.6 Å². The first-order valence-electron chi connectivity index (χ1n) is 7.47. The van der Waals surface area contributed by atoms with E-state index in [4.69, 9.17) is 0 Å². The van der Waals surface area contributed by atoms with E-state index >= 15 is 0 Å². The lowest BCUT2D eigenvalue weighted by Crippen LogP contribution is -2.49. The van der Waals surface area contributed by atoms with E-state index in [0.29, 0.717) is 12.0 Å². The highest BCUT2D eigenvalue weighted by Crippen LogP contribution is 2.17. The van der Waals surface area contributed by atoms with Gasteiger partial charge in [-0.15, -0.1) is 0 Å². The highest BCUT2D eigenvalue weighted by molar-refractivity contribution is 5.74. The summed E-state index contributed by atoms with van der Waals surface area (Å²) in [6, 6.07) is 0.689. The molecule has 2 heterocycles. The second-order valence-corrected chi connectivity index (χ2v) is 5.80. The van der Waals surface area contributed by atoms with Gasteiger partial charge < -0.3 is 10.2 Å². The molecule has 0 bridgehead atoms. The number of carbonyl (C=O) groups is 1. The summed E-state index contributed by atoms with van der Waals surface area (Å²) in [4.78, 5) is 16.5. The van der Waals surface area contributed by atoms with Crippen LogP contribution in [0.15, 0.2) is 0 Å². The summed E-state index contributed by atoms with van der Waals surface area (Å²) >= 11 is 0. The number of amides is 2. The smallest absolute Gasteiger partial charge is 0.317 e. The van der Waals surface area contributed by atoms with Gasteiger partial charge in [0.15, 0.2) is 0 Å². The number of likely N-dealkylation sites (tertiary alicyclic amines) is 2. The standard InChI is InChI=1S/C14H27N3O/c1-3-16-8-5-4-6-13(16)10-15-14(18)17-9-7-12(2)11-17/h12-13H,3-11H2,1-2H3,(H,15,18). The van der Waals surface area contributed by atoms with Crippen molar-refractivity contribution in [1.82, 2.24) is 15.1 Å². The molecule has 1 N–H and O–H groups in total. The van der Waals surface area contributed by atoms with Crippen molar-refractivity contribution >= 4 is 6.03 Å². The molecule has 2 rings (SSSR count). The zero-order valence-corrected chi connectivity index (χ0v) is 11.8. The van der Waals surface area contributed by atoms with E-state index in [0.717, 1.165) is 32.6 Å². The third-order valence-corrected chi connectivity index (χ3v) is 4.36. The number of nitrogens with one attached hydrogen (secondary N) is 1. The molecule has 18 heavy (non-hydrogen) atoms. The first kappa shape index (κ1) is 13.7. The molecular weight excluding hydrogens is 226 g/mol. The van der Waals surface area contributed by atoms with Gasteiger partial charge in [-0.1, -0.05) is 20.3 Å². The summed E-state index contributed by atoms with van der Waals surface area (Å²) in [5, 5.41) is 3.12. The van der Waals surface area contributed by atoms with E-state index in [1.54, 1.807) is 0 Å². The third-order valence-electron chi connectivity index (χ3n) is 4.36. The highest BCUT2D eigenvalue weighted by atomic mass is 16.2. The quantitative estimate of drug-likeness (QED) is 0.834. The van der Waals surface area contributed by atoms with Crippen LogP contribution in [-0.4, -0.2) is 54.6 Å². The lowest BCUT2D eigenvalue weighted by molar-refractivity contribution is 0.149. The summed E-state index contributed by atoms with van der Waals surface area (Å²) in [6.07, 6.45) is 4.99. The maximum Gasteiger partial charge on any atom is 0.317 e. The van der Waals surface area contributed by atoms with Gasteiger partial charge in [-0.25, -0.2) is 4.79 Å². The van der Waals surface area contributed by atoms with Crippen LogP contribution in [0.5, 0.6) is 0 Å². The number of hydrogen-bond acceptors (Lipinski definition) is 2. The van der Waals surface area contributed by atoms with Crippen LogP contribution in [0.25, 0.3) is 0 Å². The molecule has 2 unspecified atom stereocenters. The summed E-state index contributed by atoms with van der Waals surface area (Å²) in [6.45, 7) is 9.38. The van der Waals surface area contributed by atoms with E-state index < -0.39 is 0 Å². The fourth-order valence-electron chi connectivity index (χ4n) is 3.14. The van der Waals surface area contributed by atoms with Crippen LogP contribution in [0.2, 0.25) is 0 Å². The van der Waals surface area contributed by atoms with Crippen LogP contribution in [0.1, 0.15) is 39.5 Å². The maximum atomic E-state index is 12.0. The second kappa shape index (κ2) is 6.41. The number of hydrogen-bond donors (Lipinski definition) is 1. The van der Waals surface area contributed by atoms with Gasteiger partial charge in [0.2, 0.25) is 0 Å². The molecule has 0 saturated carbocycles. The van der Waals surface area contributed by atoms with Crippen LogP contribution in [0.3, 0.4) is 0 Å². The monoisotopic (exact) mass is 253 g/mol. The van der Waals surface area contributed by atoms with Crippen molar-refractivity contribution in [2.75, 3.05) is 32.7 Å². The van der Waals surface area contributed by atoms with Gasteiger partial charge in [-0.3, -0.25) is 4.90 Å². The molecule has 0 spiro atoms. The molecule has 4 nitrogen and oxygen atoms in total. The average Bonchev–Trinajstić information content (AvgIpc) is 2.83. The molecule has 0 aromatic carbocycles. The second-order valence-electron chi connectivity index (χ2n) is 5.80. The Hall–Kier alpha value is -0.770. The van der Waals surface area contributed by atoms with Gasteiger partial charge in [0.25, 0.3) is 0 Å². The Bertz CT molecular complexity index is 282. The average molecular weight is 253 g/mol. The summed E-state index contributed by atoms with van der Waals surface area (Å²) in [7, 11) is 0. The van der Waals surface area contributed by atoms with E-state index in [2.05, 4.69) is 24.1 Å². The van der Waals surface area contributed by atoms with E-state index in [1.165, 1.54) is 25.8 Å². The van der Waals surface area contributed by atoms with Crippen LogP contribution < -0.4 is 5.32 Å². The molecule has 2 saturated heterocycles. The maximum absolute atomic E-state index is 12.0.